The van der Waals surface area contributed by atoms with Crippen molar-refractivity contribution >= 4 is 27.5 Å². The predicted molar refractivity (Wildman–Crippen MR) is 106 cm³/mol. The number of alkyl halides is 3. The van der Waals surface area contributed by atoms with Crippen LogP contribution in [0.15, 0.2) is 53.4 Å². The van der Waals surface area contributed by atoms with E-state index in [2.05, 4.69) is 15.4 Å². The molecule has 0 aliphatic carbocycles. The van der Waals surface area contributed by atoms with Gasteiger partial charge in [0.05, 0.1) is 23.6 Å². The highest BCUT2D eigenvalue weighted by molar-refractivity contribution is 7.92. The minimum atomic E-state index is -4.61. The molecule has 0 heterocycles. The number of hydrogen-bond acceptors (Lipinski definition) is 5. The molecule has 2 amide bonds. The Kier molecular flexibility index (Phi) is 8.00. The van der Waals surface area contributed by atoms with E-state index in [1.54, 1.807) is 0 Å². The Hall–Kier alpha value is -3.12. The van der Waals surface area contributed by atoms with Gasteiger partial charge in [0.1, 0.15) is 0 Å². The third-order valence-corrected chi connectivity index (χ3v) is 5.30. The Morgan fingerprint density at radius 3 is 2.32 bits per heavy atom. The van der Waals surface area contributed by atoms with Crippen LogP contribution in [0.2, 0.25) is 0 Å². The van der Waals surface area contributed by atoms with Crippen LogP contribution in [-0.2, 0) is 25.7 Å². The molecule has 8 nitrogen and oxygen atoms in total. The van der Waals surface area contributed by atoms with Crippen LogP contribution in [0.25, 0.3) is 0 Å². The van der Waals surface area contributed by atoms with Gasteiger partial charge in [0.2, 0.25) is 5.91 Å². The number of carbonyl (C=O) groups excluding carboxylic acids is 2. The van der Waals surface area contributed by atoms with Gasteiger partial charge in [0, 0.05) is 24.9 Å². The molecule has 2 rings (SSSR count). The van der Waals surface area contributed by atoms with Crippen LogP contribution >= 0.6 is 0 Å². The lowest BCUT2D eigenvalue weighted by atomic mass is 10.2. The molecule has 31 heavy (non-hydrogen) atoms. The fourth-order valence-electron chi connectivity index (χ4n) is 2.38. The highest BCUT2D eigenvalue weighted by Gasteiger charge is 2.30. The smallest absolute Gasteiger partial charge is 0.383 e. The number of nitrogens with one attached hydrogen (secondary N) is 3. The fourth-order valence-corrected chi connectivity index (χ4v) is 3.43. The van der Waals surface area contributed by atoms with E-state index < -0.39 is 33.6 Å². The van der Waals surface area contributed by atoms with Crippen molar-refractivity contribution in [2.45, 2.75) is 11.1 Å². The molecule has 0 atom stereocenters. The van der Waals surface area contributed by atoms with Crippen LogP contribution < -0.4 is 15.4 Å². The quantitative estimate of drug-likeness (QED) is 0.497. The Bertz CT molecular complexity index is 1020. The van der Waals surface area contributed by atoms with Gasteiger partial charge < -0.3 is 15.4 Å². The summed E-state index contributed by atoms with van der Waals surface area (Å²) in [5.41, 5.74) is -1.15. The van der Waals surface area contributed by atoms with E-state index in [0.717, 1.165) is 24.3 Å². The molecule has 3 N–H and O–H groups in total. The second kappa shape index (κ2) is 10.3. The predicted octanol–water partition coefficient (Wildman–Crippen LogP) is 2.00. The van der Waals surface area contributed by atoms with Gasteiger partial charge >= 0.3 is 6.18 Å². The van der Waals surface area contributed by atoms with Crippen molar-refractivity contribution in [1.29, 1.82) is 0 Å². The van der Waals surface area contributed by atoms with Crippen molar-refractivity contribution in [1.82, 2.24) is 10.6 Å². The minimum absolute atomic E-state index is 0.0997. The van der Waals surface area contributed by atoms with Crippen LogP contribution in [0.5, 0.6) is 0 Å². The first kappa shape index (κ1) is 24.2. The third kappa shape index (κ3) is 7.26. The molecule has 0 aliphatic rings. The third-order valence-electron chi connectivity index (χ3n) is 3.91. The molecule has 2 aromatic carbocycles. The monoisotopic (exact) mass is 459 g/mol. The van der Waals surface area contributed by atoms with Gasteiger partial charge in [-0.05, 0) is 42.5 Å². The lowest BCUT2D eigenvalue weighted by molar-refractivity contribution is -0.137. The second-order valence-electron chi connectivity index (χ2n) is 6.23. The molecule has 0 bridgehead atoms. The van der Waals surface area contributed by atoms with Crippen LogP contribution in [0, 0.1) is 0 Å². The van der Waals surface area contributed by atoms with Gasteiger partial charge in [-0.2, -0.15) is 13.2 Å². The summed E-state index contributed by atoms with van der Waals surface area (Å²) in [5.74, 6) is -1.02. The summed E-state index contributed by atoms with van der Waals surface area (Å²) in [6.45, 7) is 0.334. The van der Waals surface area contributed by atoms with E-state index in [-0.39, 0.29) is 29.2 Å². The first-order valence-corrected chi connectivity index (χ1v) is 10.4. The van der Waals surface area contributed by atoms with Crippen LogP contribution in [0.4, 0.5) is 18.9 Å². The summed E-state index contributed by atoms with van der Waals surface area (Å²) >= 11 is 0. The molecular formula is C19H20F3N3O5S. The van der Waals surface area contributed by atoms with E-state index >= 15 is 0 Å². The maximum absolute atomic E-state index is 12.8. The molecule has 0 fully saturated rings. The van der Waals surface area contributed by atoms with E-state index in [4.69, 9.17) is 4.74 Å². The number of carbonyl (C=O) groups is 2. The van der Waals surface area contributed by atoms with Crippen LogP contribution in [0.1, 0.15) is 15.9 Å². The van der Waals surface area contributed by atoms with Gasteiger partial charge in [-0.15, -0.1) is 0 Å². The summed E-state index contributed by atoms with van der Waals surface area (Å²) < 4.78 is 70.1. The maximum atomic E-state index is 12.8. The van der Waals surface area contributed by atoms with Crippen LogP contribution in [0.3, 0.4) is 0 Å². The largest absolute Gasteiger partial charge is 0.416 e. The zero-order chi connectivity index (χ0) is 23.1. The molecule has 0 aliphatic heterocycles. The van der Waals surface area contributed by atoms with E-state index in [1.807, 2.05) is 0 Å². The fraction of sp³-hybridized carbons (Fsp3) is 0.263. The van der Waals surface area contributed by atoms with Crippen molar-refractivity contribution < 1.29 is 35.9 Å². The summed E-state index contributed by atoms with van der Waals surface area (Å²) in [4.78, 5) is 23.4. The highest BCUT2D eigenvalue weighted by atomic mass is 32.2. The Morgan fingerprint density at radius 1 is 1.03 bits per heavy atom. The average molecular weight is 459 g/mol. The molecule has 0 unspecified atom stereocenters. The van der Waals surface area contributed by atoms with Gasteiger partial charge in [0.25, 0.3) is 15.9 Å². The number of amides is 2. The van der Waals surface area contributed by atoms with E-state index in [0.29, 0.717) is 12.7 Å². The summed E-state index contributed by atoms with van der Waals surface area (Å²) in [5, 5.41) is 4.90. The molecule has 12 heteroatoms. The number of benzene rings is 2. The molecular weight excluding hydrogens is 439 g/mol. The lowest BCUT2D eigenvalue weighted by Crippen LogP contribution is -2.38. The van der Waals surface area contributed by atoms with Crippen molar-refractivity contribution in [3.63, 3.8) is 0 Å². The Labute approximate surface area is 176 Å². The summed E-state index contributed by atoms with van der Waals surface area (Å²) in [6, 6.07) is 8.47. The van der Waals surface area contributed by atoms with Crippen molar-refractivity contribution in [3.8, 4) is 0 Å². The molecule has 2 aromatic rings. The molecule has 0 aromatic heterocycles. The Morgan fingerprint density at radius 2 is 1.71 bits per heavy atom. The molecule has 168 valence electrons. The van der Waals surface area contributed by atoms with Gasteiger partial charge in [-0.1, -0.05) is 6.07 Å². The van der Waals surface area contributed by atoms with Crippen molar-refractivity contribution in [2.24, 2.45) is 0 Å². The number of ether oxygens (including phenoxy) is 1. The number of anilines is 1. The number of hydrogen-bond donors (Lipinski definition) is 3. The standard InChI is InChI=1S/C19H20F3N3O5S/c1-30-10-9-23-17(26)12-24-18(27)13-5-7-16(8-6-13)31(28,29)25-15-4-2-3-14(11-15)19(20,21)22/h2-8,11,25H,9-10,12H2,1H3,(H,23,26)(H,24,27). The van der Waals surface area contributed by atoms with Gasteiger partial charge in [-0.3, -0.25) is 14.3 Å². The average Bonchev–Trinajstić information content (AvgIpc) is 2.71. The molecule has 0 radical (unpaired) electrons. The van der Waals surface area contributed by atoms with E-state index in [1.165, 1.54) is 25.3 Å². The zero-order valence-electron chi connectivity index (χ0n) is 16.3. The lowest BCUT2D eigenvalue weighted by Gasteiger charge is -2.12. The minimum Gasteiger partial charge on any atom is -0.383 e. The molecule has 0 saturated carbocycles. The highest BCUT2D eigenvalue weighted by Crippen LogP contribution is 2.31. The van der Waals surface area contributed by atoms with Crippen LogP contribution in [-0.4, -0.2) is 47.0 Å². The topological polar surface area (TPSA) is 114 Å². The SMILES string of the molecule is COCCNC(=O)CNC(=O)c1ccc(S(=O)(=O)Nc2cccc(C(F)(F)F)c2)cc1. The molecule has 0 saturated heterocycles. The van der Waals surface area contributed by atoms with E-state index in [9.17, 15) is 31.2 Å². The van der Waals surface area contributed by atoms with Crippen molar-refractivity contribution in [2.75, 3.05) is 31.5 Å². The van der Waals surface area contributed by atoms with Crippen molar-refractivity contribution in [3.05, 3.63) is 59.7 Å². The number of halogens is 3. The first-order chi connectivity index (χ1) is 14.5. The Balaban J connectivity index is 2.02. The van der Waals surface area contributed by atoms with Gasteiger partial charge in [-0.25, -0.2) is 8.42 Å². The number of sulfonamides is 1. The summed E-state index contributed by atoms with van der Waals surface area (Å²) in [7, 11) is -2.70. The maximum Gasteiger partial charge on any atom is 0.416 e. The molecule has 0 spiro atoms. The summed E-state index contributed by atoms with van der Waals surface area (Å²) in [6.07, 6.45) is -4.61. The van der Waals surface area contributed by atoms with Gasteiger partial charge in [0.15, 0.2) is 0 Å². The number of rotatable bonds is 9. The first-order valence-electron chi connectivity index (χ1n) is 8.87. The zero-order valence-corrected chi connectivity index (χ0v) is 17.1. The second-order valence-corrected chi connectivity index (χ2v) is 7.92. The number of methoxy groups -OCH3 is 1. The normalized spacial score (nSPS) is 11.6.